The van der Waals surface area contributed by atoms with Crippen LogP contribution in [0.25, 0.3) is 11.3 Å². The highest BCUT2D eigenvalue weighted by Crippen LogP contribution is 2.25. The van der Waals surface area contributed by atoms with Crippen molar-refractivity contribution in [3.63, 3.8) is 0 Å². The predicted octanol–water partition coefficient (Wildman–Crippen LogP) is 1.94. The number of rotatable bonds is 6. The summed E-state index contributed by atoms with van der Waals surface area (Å²) in [5.74, 6) is -0.289. The predicted molar refractivity (Wildman–Crippen MR) is 88.9 cm³/mol. The number of oxazole rings is 1. The summed E-state index contributed by atoms with van der Waals surface area (Å²) in [6, 6.07) is 9.62. The van der Waals surface area contributed by atoms with Gasteiger partial charge in [0.2, 0.25) is 5.91 Å². The van der Waals surface area contributed by atoms with Crippen molar-refractivity contribution in [2.24, 2.45) is 0 Å². The molecule has 0 bridgehead atoms. The van der Waals surface area contributed by atoms with Crippen LogP contribution in [0.1, 0.15) is 24.4 Å². The highest BCUT2D eigenvalue weighted by atomic mass is 16.5. The molecule has 25 heavy (non-hydrogen) atoms. The smallest absolute Gasteiger partial charge is 0.331 e. The summed E-state index contributed by atoms with van der Waals surface area (Å²) in [6.45, 7) is 2.17. The third-order valence-electron chi connectivity index (χ3n) is 4.25. The van der Waals surface area contributed by atoms with Gasteiger partial charge in [-0.05, 0) is 6.92 Å². The first-order valence-corrected chi connectivity index (χ1v) is 8.14. The molecular formula is C18H20N2O5. The number of aryl methyl sites for hydroxylation is 2. The Morgan fingerprint density at radius 2 is 2.08 bits per heavy atom. The quantitative estimate of drug-likeness (QED) is 0.830. The van der Waals surface area contributed by atoms with Gasteiger partial charge in [-0.25, -0.2) is 9.78 Å². The molecule has 1 amide bonds. The van der Waals surface area contributed by atoms with E-state index in [1.54, 1.807) is 0 Å². The number of benzene rings is 1. The van der Waals surface area contributed by atoms with E-state index in [0.717, 1.165) is 11.3 Å². The molecular weight excluding hydrogens is 324 g/mol. The van der Waals surface area contributed by atoms with Crippen LogP contribution < -0.4 is 5.32 Å². The number of nitrogens with one attached hydrogen (secondary N) is 1. The Kier molecular flexibility index (Phi) is 4.85. The van der Waals surface area contributed by atoms with Crippen molar-refractivity contribution >= 4 is 11.9 Å². The molecule has 2 N–H and O–H groups in total. The molecule has 1 aromatic heterocycles. The number of carbonyl (C=O) groups is 2. The third kappa shape index (κ3) is 3.71. The van der Waals surface area contributed by atoms with Crippen LogP contribution in [0.5, 0.6) is 0 Å². The van der Waals surface area contributed by atoms with Crippen molar-refractivity contribution in [1.82, 2.24) is 10.3 Å². The van der Waals surface area contributed by atoms with Crippen LogP contribution in [0.2, 0.25) is 0 Å². The average molecular weight is 344 g/mol. The fraction of sp³-hybridized carbons (Fsp3) is 0.389. The minimum absolute atomic E-state index is 0.00958. The number of carboxylic acid groups (broad SMARTS) is 1. The van der Waals surface area contributed by atoms with Crippen molar-refractivity contribution in [2.45, 2.75) is 31.7 Å². The van der Waals surface area contributed by atoms with Gasteiger partial charge in [0, 0.05) is 31.4 Å². The molecule has 1 aliphatic rings. The van der Waals surface area contributed by atoms with E-state index in [1.807, 2.05) is 37.3 Å². The number of hydrogen-bond donors (Lipinski definition) is 2. The SMILES string of the molecule is Cc1nc(CCC(=O)NC2(C(=O)O)CCOC2)oc1-c1ccccc1. The highest BCUT2D eigenvalue weighted by Gasteiger charge is 2.43. The molecule has 1 aliphatic heterocycles. The lowest BCUT2D eigenvalue weighted by Gasteiger charge is -2.23. The fourth-order valence-corrected chi connectivity index (χ4v) is 2.85. The van der Waals surface area contributed by atoms with Gasteiger partial charge in [-0.15, -0.1) is 0 Å². The summed E-state index contributed by atoms with van der Waals surface area (Å²) in [5, 5.41) is 11.9. The molecule has 0 spiro atoms. The van der Waals surface area contributed by atoms with Gasteiger partial charge in [0.25, 0.3) is 0 Å². The number of ether oxygens (including phenoxy) is 1. The van der Waals surface area contributed by atoms with Gasteiger partial charge in [0.1, 0.15) is 0 Å². The van der Waals surface area contributed by atoms with Gasteiger partial charge in [-0.3, -0.25) is 4.79 Å². The highest BCUT2D eigenvalue weighted by molar-refractivity contribution is 5.87. The Morgan fingerprint density at radius 1 is 1.32 bits per heavy atom. The molecule has 0 radical (unpaired) electrons. The molecule has 7 heteroatoms. The number of amides is 1. The summed E-state index contributed by atoms with van der Waals surface area (Å²) in [6.07, 6.45) is 0.670. The maximum atomic E-state index is 12.1. The van der Waals surface area contributed by atoms with Crippen molar-refractivity contribution in [2.75, 3.05) is 13.2 Å². The van der Waals surface area contributed by atoms with E-state index < -0.39 is 11.5 Å². The van der Waals surface area contributed by atoms with Crippen LogP contribution >= 0.6 is 0 Å². The van der Waals surface area contributed by atoms with E-state index in [0.29, 0.717) is 24.7 Å². The topological polar surface area (TPSA) is 102 Å². The molecule has 0 saturated carbocycles. The van der Waals surface area contributed by atoms with Crippen LogP contribution in [0, 0.1) is 6.92 Å². The summed E-state index contributed by atoms with van der Waals surface area (Å²) in [7, 11) is 0. The number of aromatic nitrogens is 1. The van der Waals surface area contributed by atoms with Crippen molar-refractivity contribution in [1.29, 1.82) is 0 Å². The van der Waals surface area contributed by atoms with Crippen LogP contribution in [0.4, 0.5) is 0 Å². The van der Waals surface area contributed by atoms with Crippen molar-refractivity contribution < 1.29 is 23.8 Å². The molecule has 0 aliphatic carbocycles. The van der Waals surface area contributed by atoms with Gasteiger partial charge in [-0.2, -0.15) is 0 Å². The first-order valence-electron chi connectivity index (χ1n) is 8.14. The van der Waals surface area contributed by atoms with E-state index in [-0.39, 0.29) is 25.4 Å². The Bertz CT molecular complexity index is 763. The fourth-order valence-electron chi connectivity index (χ4n) is 2.85. The van der Waals surface area contributed by atoms with Gasteiger partial charge >= 0.3 is 5.97 Å². The first-order chi connectivity index (χ1) is 12.0. The van der Waals surface area contributed by atoms with E-state index in [2.05, 4.69) is 10.3 Å². The van der Waals surface area contributed by atoms with Crippen molar-refractivity contribution in [3.8, 4) is 11.3 Å². The Balaban J connectivity index is 1.62. The number of carbonyl (C=O) groups excluding carboxylic acids is 1. The Hall–Kier alpha value is -2.67. The Morgan fingerprint density at radius 3 is 2.72 bits per heavy atom. The normalized spacial score (nSPS) is 19.7. The van der Waals surface area contributed by atoms with Crippen LogP contribution in [0.3, 0.4) is 0 Å². The molecule has 1 saturated heterocycles. The second kappa shape index (κ2) is 7.06. The van der Waals surface area contributed by atoms with E-state index in [1.165, 1.54) is 0 Å². The third-order valence-corrected chi connectivity index (χ3v) is 4.25. The van der Waals surface area contributed by atoms with Crippen LogP contribution in [-0.2, 0) is 20.7 Å². The largest absolute Gasteiger partial charge is 0.479 e. The molecule has 2 aromatic rings. The van der Waals surface area contributed by atoms with Gasteiger partial charge in [-0.1, -0.05) is 30.3 Å². The molecule has 2 heterocycles. The maximum absolute atomic E-state index is 12.1. The van der Waals surface area contributed by atoms with Gasteiger partial charge in [0.15, 0.2) is 17.2 Å². The van der Waals surface area contributed by atoms with E-state index in [4.69, 9.17) is 9.15 Å². The molecule has 3 rings (SSSR count). The lowest BCUT2D eigenvalue weighted by atomic mass is 9.98. The average Bonchev–Trinajstić information content (AvgIpc) is 3.21. The zero-order chi connectivity index (χ0) is 17.9. The summed E-state index contributed by atoms with van der Waals surface area (Å²) in [4.78, 5) is 27.9. The minimum atomic E-state index is -1.32. The first kappa shape index (κ1) is 17.2. The van der Waals surface area contributed by atoms with Gasteiger partial charge < -0.3 is 19.6 Å². The van der Waals surface area contributed by atoms with Crippen LogP contribution in [0.15, 0.2) is 34.7 Å². The zero-order valence-corrected chi connectivity index (χ0v) is 13.9. The zero-order valence-electron chi connectivity index (χ0n) is 13.9. The minimum Gasteiger partial charge on any atom is -0.479 e. The number of aliphatic carboxylic acids is 1. The number of carboxylic acids is 1. The lowest BCUT2D eigenvalue weighted by molar-refractivity contribution is -0.147. The number of nitrogens with zero attached hydrogens (tertiary/aromatic N) is 1. The number of hydrogen-bond acceptors (Lipinski definition) is 5. The van der Waals surface area contributed by atoms with E-state index >= 15 is 0 Å². The summed E-state index contributed by atoms with van der Waals surface area (Å²) < 4.78 is 10.9. The van der Waals surface area contributed by atoms with E-state index in [9.17, 15) is 14.7 Å². The Labute approximate surface area is 145 Å². The molecule has 132 valence electrons. The summed E-state index contributed by atoms with van der Waals surface area (Å²) >= 11 is 0. The lowest BCUT2D eigenvalue weighted by Crippen LogP contribution is -2.55. The standard InChI is InChI=1S/C18H20N2O5/c1-12-16(13-5-3-2-4-6-13)25-15(19-12)8-7-14(21)20-18(17(22)23)9-10-24-11-18/h2-6H,7-11H2,1H3,(H,20,21)(H,22,23). The molecule has 1 fully saturated rings. The monoisotopic (exact) mass is 344 g/mol. The molecule has 7 nitrogen and oxygen atoms in total. The van der Waals surface area contributed by atoms with Crippen molar-refractivity contribution in [3.05, 3.63) is 41.9 Å². The maximum Gasteiger partial charge on any atom is 0.331 e. The second-order valence-electron chi connectivity index (χ2n) is 6.13. The second-order valence-corrected chi connectivity index (χ2v) is 6.13. The molecule has 1 unspecified atom stereocenters. The van der Waals surface area contributed by atoms with Crippen LogP contribution in [-0.4, -0.2) is 40.7 Å². The summed E-state index contributed by atoms with van der Waals surface area (Å²) in [5.41, 5.74) is 0.364. The molecule has 1 aromatic carbocycles. The molecule has 1 atom stereocenters. The van der Waals surface area contributed by atoms with Gasteiger partial charge in [0.05, 0.1) is 12.3 Å².